The molecule has 2 aliphatic rings. The molecule has 6 nitrogen and oxygen atoms in total. The minimum Gasteiger partial charge on any atom is -0.239 e. The number of aromatic nitrogens is 3. The summed E-state index contributed by atoms with van der Waals surface area (Å²) in [5.41, 5.74) is 0.865. The molecule has 118 valence electrons. The Morgan fingerprint density at radius 1 is 1.26 bits per heavy atom. The predicted octanol–water partition coefficient (Wildman–Crippen LogP) is 1.97. The van der Waals surface area contributed by atoms with Crippen molar-refractivity contribution in [1.29, 1.82) is 5.26 Å². The third kappa shape index (κ3) is 2.15. The van der Waals surface area contributed by atoms with E-state index in [0.717, 1.165) is 5.56 Å². The Morgan fingerprint density at radius 2 is 2.00 bits per heavy atom. The average Bonchev–Trinajstić information content (AvgIpc) is 3.13. The fourth-order valence-corrected chi connectivity index (χ4v) is 4.67. The first-order valence-electron chi connectivity index (χ1n) is 7.31. The van der Waals surface area contributed by atoms with Gasteiger partial charge in [-0.25, -0.2) is 17.5 Å². The van der Waals surface area contributed by atoms with Crippen molar-refractivity contribution in [3.05, 3.63) is 41.7 Å². The van der Waals surface area contributed by atoms with Gasteiger partial charge in [0, 0.05) is 6.42 Å². The van der Waals surface area contributed by atoms with E-state index >= 15 is 0 Å². The number of hydrogen-bond acceptors (Lipinski definition) is 5. The van der Waals surface area contributed by atoms with E-state index in [4.69, 9.17) is 5.26 Å². The summed E-state index contributed by atoms with van der Waals surface area (Å²) >= 11 is 0. The fraction of sp³-hybridized carbons (Fsp3) is 0.400. The number of halogens is 1. The van der Waals surface area contributed by atoms with Gasteiger partial charge in [0.25, 0.3) is 5.16 Å². The summed E-state index contributed by atoms with van der Waals surface area (Å²) in [4.78, 5) is 3.93. The molecule has 0 amide bonds. The number of hydrogen-bond donors (Lipinski definition) is 0. The molecule has 1 aliphatic heterocycles. The minimum absolute atomic E-state index is 0.0478. The number of sulfone groups is 1. The van der Waals surface area contributed by atoms with E-state index in [1.807, 2.05) is 36.4 Å². The zero-order valence-electron chi connectivity index (χ0n) is 12.0. The number of nitrogens with zero attached hydrogens (tertiary/aromatic N) is 4. The highest BCUT2D eigenvalue weighted by molar-refractivity contribution is 7.92. The molecule has 0 spiro atoms. The van der Waals surface area contributed by atoms with Crippen molar-refractivity contribution in [3.63, 3.8) is 0 Å². The molecule has 0 N–H and O–H groups in total. The second-order valence-electron chi connectivity index (χ2n) is 5.88. The summed E-state index contributed by atoms with van der Waals surface area (Å²) < 4.78 is 40.4. The smallest absolute Gasteiger partial charge is 0.239 e. The van der Waals surface area contributed by atoms with Crippen LogP contribution in [0.4, 0.5) is 4.39 Å². The number of alkyl halides is 1. The zero-order chi connectivity index (χ0) is 16.2. The molecule has 1 saturated carbocycles. The molecule has 1 aliphatic carbocycles. The van der Waals surface area contributed by atoms with Crippen LogP contribution in [0.1, 0.15) is 36.4 Å². The highest BCUT2D eigenvalue weighted by Crippen LogP contribution is 2.42. The molecule has 2 aromatic rings. The van der Waals surface area contributed by atoms with E-state index in [9.17, 15) is 12.8 Å². The number of benzene rings is 1. The summed E-state index contributed by atoms with van der Waals surface area (Å²) in [5, 5.41) is 11.8. The predicted molar refractivity (Wildman–Crippen MR) is 77.8 cm³/mol. The van der Waals surface area contributed by atoms with Crippen LogP contribution in [0.3, 0.4) is 0 Å². The molecular formula is C15H13FN4O2S. The lowest BCUT2D eigenvalue weighted by Gasteiger charge is -2.11. The van der Waals surface area contributed by atoms with Crippen molar-refractivity contribution in [1.82, 2.24) is 14.8 Å². The number of rotatable bonds is 3. The van der Waals surface area contributed by atoms with E-state index in [0.29, 0.717) is 6.42 Å². The van der Waals surface area contributed by atoms with Crippen LogP contribution >= 0.6 is 0 Å². The quantitative estimate of drug-likeness (QED) is 0.857. The van der Waals surface area contributed by atoms with Crippen molar-refractivity contribution in [2.75, 3.05) is 0 Å². The van der Waals surface area contributed by atoms with Crippen LogP contribution in [-0.2, 0) is 9.84 Å². The SMILES string of the molecule is N#CC1C[C@@H]1S(=O)(=O)c1nc2n(n1)[C@H](c1ccccc1)C[C@@H]2F. The van der Waals surface area contributed by atoms with Crippen LogP contribution in [0.25, 0.3) is 0 Å². The molecule has 0 radical (unpaired) electrons. The first-order valence-corrected chi connectivity index (χ1v) is 8.86. The van der Waals surface area contributed by atoms with Crippen LogP contribution in [0.15, 0.2) is 35.5 Å². The highest BCUT2D eigenvalue weighted by Gasteiger charge is 2.51. The molecule has 1 aromatic carbocycles. The maximum atomic E-state index is 14.2. The standard InChI is InChI=1S/C15H13FN4O2S/c16-11-7-12(9-4-2-1-3-5-9)20-14(11)18-15(19-20)23(21,22)13-6-10(13)8-17/h1-5,10-13H,6-7H2/t10?,11-,12-,13-/m0/s1. The van der Waals surface area contributed by atoms with Gasteiger partial charge in [0.05, 0.1) is 23.3 Å². The van der Waals surface area contributed by atoms with E-state index in [-0.39, 0.29) is 23.4 Å². The Bertz CT molecular complexity index is 903. The molecule has 4 atom stereocenters. The molecular weight excluding hydrogens is 319 g/mol. The van der Waals surface area contributed by atoms with Gasteiger partial charge in [0.2, 0.25) is 9.84 Å². The van der Waals surface area contributed by atoms with Crippen LogP contribution in [0, 0.1) is 17.2 Å². The lowest BCUT2D eigenvalue weighted by molar-refractivity contribution is 0.326. The lowest BCUT2D eigenvalue weighted by Crippen LogP contribution is -2.13. The molecule has 1 fully saturated rings. The first-order chi connectivity index (χ1) is 11.0. The van der Waals surface area contributed by atoms with Crippen molar-refractivity contribution >= 4 is 9.84 Å². The summed E-state index contributed by atoms with van der Waals surface area (Å²) in [5.74, 6) is -0.462. The van der Waals surface area contributed by atoms with E-state index in [1.165, 1.54) is 4.68 Å². The van der Waals surface area contributed by atoms with E-state index in [1.54, 1.807) is 0 Å². The summed E-state index contributed by atoms with van der Waals surface area (Å²) in [6.07, 6.45) is -0.851. The number of fused-ring (bicyclic) bond motifs is 1. The van der Waals surface area contributed by atoms with E-state index in [2.05, 4.69) is 10.1 Å². The van der Waals surface area contributed by atoms with Crippen molar-refractivity contribution in [2.24, 2.45) is 5.92 Å². The van der Waals surface area contributed by atoms with Crippen molar-refractivity contribution in [2.45, 2.75) is 35.5 Å². The second kappa shape index (κ2) is 4.86. The minimum atomic E-state index is -3.77. The average molecular weight is 332 g/mol. The molecule has 4 rings (SSSR count). The Hall–Kier alpha value is -2.27. The maximum absolute atomic E-state index is 14.2. The normalized spacial score (nSPS) is 29.0. The first kappa shape index (κ1) is 14.3. The van der Waals surface area contributed by atoms with E-state index < -0.39 is 27.2 Å². The topological polar surface area (TPSA) is 88.6 Å². The molecule has 0 bridgehead atoms. The molecule has 1 unspecified atom stereocenters. The number of nitriles is 1. The Kier molecular flexibility index (Phi) is 3.03. The molecule has 1 aromatic heterocycles. The van der Waals surface area contributed by atoms with Gasteiger partial charge in [-0.3, -0.25) is 0 Å². The van der Waals surface area contributed by atoms with Crippen LogP contribution in [0.2, 0.25) is 0 Å². The van der Waals surface area contributed by atoms with Gasteiger partial charge >= 0.3 is 0 Å². The van der Waals surface area contributed by atoms with Gasteiger partial charge < -0.3 is 0 Å². The maximum Gasteiger partial charge on any atom is 0.267 e. The summed E-state index contributed by atoms with van der Waals surface area (Å²) in [6, 6.07) is 10.8. The van der Waals surface area contributed by atoms with Crippen LogP contribution in [0.5, 0.6) is 0 Å². The lowest BCUT2D eigenvalue weighted by atomic mass is 10.0. The third-order valence-corrected chi connectivity index (χ3v) is 6.38. The van der Waals surface area contributed by atoms with Gasteiger partial charge in [0.15, 0.2) is 12.0 Å². The summed E-state index contributed by atoms with van der Waals surface area (Å²) in [6.45, 7) is 0. The second-order valence-corrected chi connectivity index (χ2v) is 7.94. The van der Waals surface area contributed by atoms with Gasteiger partial charge in [0.1, 0.15) is 0 Å². The Morgan fingerprint density at radius 3 is 2.65 bits per heavy atom. The largest absolute Gasteiger partial charge is 0.267 e. The Labute approximate surface area is 132 Å². The van der Waals surface area contributed by atoms with Crippen molar-refractivity contribution < 1.29 is 12.8 Å². The monoisotopic (exact) mass is 332 g/mol. The Balaban J connectivity index is 1.73. The molecule has 23 heavy (non-hydrogen) atoms. The van der Waals surface area contributed by atoms with Gasteiger partial charge in [-0.1, -0.05) is 30.3 Å². The van der Waals surface area contributed by atoms with Crippen LogP contribution in [-0.4, -0.2) is 28.4 Å². The molecule has 8 heteroatoms. The van der Waals surface area contributed by atoms with Gasteiger partial charge in [-0.15, -0.1) is 5.10 Å². The molecule has 2 heterocycles. The third-order valence-electron chi connectivity index (χ3n) is 4.38. The summed E-state index contributed by atoms with van der Waals surface area (Å²) in [7, 11) is -3.77. The molecule has 0 saturated heterocycles. The highest BCUT2D eigenvalue weighted by atomic mass is 32.2. The zero-order valence-corrected chi connectivity index (χ0v) is 12.8. The van der Waals surface area contributed by atoms with Gasteiger partial charge in [-0.2, -0.15) is 10.2 Å². The fourth-order valence-electron chi connectivity index (χ4n) is 3.02. The van der Waals surface area contributed by atoms with Crippen molar-refractivity contribution in [3.8, 4) is 6.07 Å². The van der Waals surface area contributed by atoms with Gasteiger partial charge in [-0.05, 0) is 12.0 Å². The van der Waals surface area contributed by atoms with Crippen LogP contribution < -0.4 is 0 Å².